The average molecular weight is 421 g/mol. The van der Waals surface area contributed by atoms with Gasteiger partial charge in [0, 0.05) is 18.5 Å². The van der Waals surface area contributed by atoms with Crippen LogP contribution in [0.5, 0.6) is 0 Å². The van der Waals surface area contributed by atoms with Gasteiger partial charge >= 0.3 is 6.18 Å². The van der Waals surface area contributed by atoms with Gasteiger partial charge < -0.3 is 9.64 Å². The van der Waals surface area contributed by atoms with Gasteiger partial charge in [-0.25, -0.2) is 0 Å². The molecular weight excluding hydrogens is 403 g/mol. The van der Waals surface area contributed by atoms with E-state index in [4.69, 9.17) is 4.74 Å². The molecule has 0 saturated carbocycles. The summed E-state index contributed by atoms with van der Waals surface area (Å²) in [6.07, 6.45) is 0.631. The van der Waals surface area contributed by atoms with Gasteiger partial charge in [-0.3, -0.25) is 9.98 Å². The van der Waals surface area contributed by atoms with Crippen LogP contribution in [0, 0.1) is 0 Å². The molecule has 0 spiro atoms. The van der Waals surface area contributed by atoms with Gasteiger partial charge in [0.1, 0.15) is 12.8 Å². The lowest BCUT2D eigenvalue weighted by atomic mass is 9.96. The van der Waals surface area contributed by atoms with Crippen molar-refractivity contribution >= 4 is 12.3 Å². The molecule has 2 aromatic carbocycles. The monoisotopic (exact) mass is 421 g/mol. The normalized spacial score (nSPS) is 19.6. The Bertz CT molecular complexity index is 1140. The molecule has 5 rings (SSSR count). The number of alkyl halides is 3. The van der Waals surface area contributed by atoms with Crippen molar-refractivity contribution < 1.29 is 17.9 Å². The van der Waals surface area contributed by atoms with Gasteiger partial charge in [0.25, 0.3) is 0 Å². The summed E-state index contributed by atoms with van der Waals surface area (Å²) in [5.41, 5.74) is 2.87. The molecule has 3 aromatic rings. The maximum atomic E-state index is 13.0. The van der Waals surface area contributed by atoms with Crippen molar-refractivity contribution in [2.45, 2.75) is 25.0 Å². The lowest BCUT2D eigenvalue weighted by Crippen LogP contribution is -2.31. The van der Waals surface area contributed by atoms with Crippen LogP contribution in [0.3, 0.4) is 0 Å². The summed E-state index contributed by atoms with van der Waals surface area (Å²) in [4.78, 5) is 10.9. The molecule has 156 valence electrons. The van der Waals surface area contributed by atoms with Crippen molar-refractivity contribution in [3.05, 3.63) is 107 Å². The van der Waals surface area contributed by atoms with E-state index in [2.05, 4.69) is 9.98 Å². The van der Waals surface area contributed by atoms with E-state index in [9.17, 15) is 13.2 Å². The second-order valence-corrected chi connectivity index (χ2v) is 7.36. The largest absolute Gasteiger partial charge is 0.472 e. The zero-order valence-corrected chi connectivity index (χ0v) is 16.3. The standard InChI is InChI=1S/C24H18F3N3O/c25-24(26,27)18-10-8-16(9-11-18)23-29-14-21-20-7-2-1-5-17(20)13-22(30(21)23)31-15-19-6-3-4-12-28-19/h1-14,21,23H,15H2. The highest BCUT2D eigenvalue weighted by Gasteiger charge is 2.39. The second kappa shape index (κ2) is 7.58. The van der Waals surface area contributed by atoms with Crippen LogP contribution in [0.2, 0.25) is 0 Å². The van der Waals surface area contributed by atoms with E-state index in [-0.39, 0.29) is 12.6 Å². The fourth-order valence-corrected chi connectivity index (χ4v) is 3.90. The molecule has 0 fully saturated rings. The zero-order valence-electron chi connectivity index (χ0n) is 16.3. The van der Waals surface area contributed by atoms with Gasteiger partial charge in [0.05, 0.1) is 17.3 Å². The first-order chi connectivity index (χ1) is 15.0. The fraction of sp³-hybridized carbons (Fsp3) is 0.167. The molecule has 0 aliphatic carbocycles. The molecule has 4 nitrogen and oxygen atoms in total. The molecule has 0 N–H and O–H groups in total. The number of ether oxygens (including phenoxy) is 1. The predicted octanol–water partition coefficient (Wildman–Crippen LogP) is 5.76. The van der Waals surface area contributed by atoms with Crippen molar-refractivity contribution in [2.75, 3.05) is 0 Å². The van der Waals surface area contributed by atoms with E-state index in [1.165, 1.54) is 12.1 Å². The smallest absolute Gasteiger partial charge is 0.416 e. The van der Waals surface area contributed by atoms with Crippen molar-refractivity contribution in [3.63, 3.8) is 0 Å². The Balaban J connectivity index is 1.48. The van der Waals surface area contributed by atoms with Crippen LogP contribution < -0.4 is 0 Å². The Labute approximate surface area is 177 Å². The van der Waals surface area contributed by atoms with Crippen LogP contribution in [0.15, 0.2) is 83.8 Å². The fourth-order valence-electron chi connectivity index (χ4n) is 3.90. The van der Waals surface area contributed by atoms with Crippen LogP contribution in [-0.2, 0) is 17.5 Å². The van der Waals surface area contributed by atoms with Gasteiger partial charge in [-0.1, -0.05) is 42.5 Å². The summed E-state index contributed by atoms with van der Waals surface area (Å²) in [6.45, 7) is 0.276. The van der Waals surface area contributed by atoms with E-state index in [0.29, 0.717) is 11.4 Å². The van der Waals surface area contributed by atoms with Crippen LogP contribution in [0.25, 0.3) is 6.08 Å². The van der Waals surface area contributed by atoms with Crippen molar-refractivity contribution in [1.29, 1.82) is 0 Å². The SMILES string of the molecule is FC(F)(F)c1ccc(C2N=CC3c4ccccc4C=C(OCc4ccccn4)N32)cc1. The number of benzene rings is 2. The number of hydrogen-bond acceptors (Lipinski definition) is 4. The molecular formula is C24H18F3N3O. The Kier molecular flexibility index (Phi) is 4.73. The van der Waals surface area contributed by atoms with E-state index in [0.717, 1.165) is 29.0 Å². The molecule has 3 heterocycles. The highest BCUT2D eigenvalue weighted by atomic mass is 19.4. The summed E-state index contributed by atoms with van der Waals surface area (Å²) in [5, 5.41) is 0. The molecule has 7 heteroatoms. The molecule has 1 aromatic heterocycles. The molecule has 2 atom stereocenters. The molecule has 2 unspecified atom stereocenters. The minimum absolute atomic E-state index is 0.160. The third-order valence-electron chi connectivity index (χ3n) is 5.41. The third-order valence-corrected chi connectivity index (χ3v) is 5.41. The van der Waals surface area contributed by atoms with Crippen LogP contribution in [0.4, 0.5) is 13.2 Å². The van der Waals surface area contributed by atoms with Gasteiger partial charge in [0.15, 0.2) is 5.88 Å². The molecule has 2 aliphatic rings. The maximum absolute atomic E-state index is 13.0. The third kappa shape index (κ3) is 3.67. The molecule has 0 saturated heterocycles. The van der Waals surface area contributed by atoms with Crippen LogP contribution >= 0.6 is 0 Å². The summed E-state index contributed by atoms with van der Waals surface area (Å²) in [7, 11) is 0. The number of aromatic nitrogens is 1. The minimum Gasteiger partial charge on any atom is -0.472 e. The topological polar surface area (TPSA) is 37.7 Å². The number of nitrogens with zero attached hydrogens (tertiary/aromatic N) is 3. The summed E-state index contributed by atoms with van der Waals surface area (Å²) >= 11 is 0. The van der Waals surface area contributed by atoms with Crippen LogP contribution in [0.1, 0.15) is 40.2 Å². The Morgan fingerprint density at radius 1 is 0.935 bits per heavy atom. The number of hydrogen-bond donors (Lipinski definition) is 0. The van der Waals surface area contributed by atoms with Gasteiger partial charge in [-0.2, -0.15) is 13.2 Å². The molecule has 0 radical (unpaired) electrons. The van der Waals surface area contributed by atoms with Gasteiger partial charge in [-0.15, -0.1) is 0 Å². The number of rotatable bonds is 4. The lowest BCUT2D eigenvalue weighted by molar-refractivity contribution is -0.137. The minimum atomic E-state index is -4.37. The Morgan fingerprint density at radius 2 is 1.71 bits per heavy atom. The number of halogens is 3. The van der Waals surface area contributed by atoms with Crippen LogP contribution in [-0.4, -0.2) is 16.1 Å². The molecule has 0 bridgehead atoms. The molecule has 2 aliphatic heterocycles. The van der Waals surface area contributed by atoms with E-state index in [1.807, 2.05) is 59.7 Å². The zero-order chi connectivity index (χ0) is 21.4. The van der Waals surface area contributed by atoms with E-state index >= 15 is 0 Å². The van der Waals surface area contributed by atoms with Gasteiger partial charge in [-0.05, 0) is 41.0 Å². The highest BCUT2D eigenvalue weighted by molar-refractivity contribution is 5.76. The highest BCUT2D eigenvalue weighted by Crippen LogP contribution is 2.44. The first-order valence-corrected chi connectivity index (χ1v) is 9.83. The average Bonchev–Trinajstić information content (AvgIpc) is 3.23. The molecule has 0 amide bonds. The Morgan fingerprint density at radius 3 is 2.45 bits per heavy atom. The summed E-state index contributed by atoms with van der Waals surface area (Å²) in [6, 6.07) is 18.5. The first kappa shape index (κ1) is 19.4. The van der Waals surface area contributed by atoms with Gasteiger partial charge in [0.2, 0.25) is 0 Å². The Hall–Kier alpha value is -3.61. The predicted molar refractivity (Wildman–Crippen MR) is 111 cm³/mol. The quantitative estimate of drug-likeness (QED) is 0.538. The second-order valence-electron chi connectivity index (χ2n) is 7.36. The van der Waals surface area contributed by atoms with E-state index in [1.54, 1.807) is 6.20 Å². The van der Waals surface area contributed by atoms with Crippen molar-refractivity contribution in [1.82, 2.24) is 9.88 Å². The van der Waals surface area contributed by atoms with E-state index < -0.39 is 17.9 Å². The summed E-state index contributed by atoms with van der Waals surface area (Å²) in [5.74, 6) is 0.608. The first-order valence-electron chi connectivity index (χ1n) is 9.83. The maximum Gasteiger partial charge on any atom is 0.416 e. The number of pyridine rings is 1. The number of fused-ring (bicyclic) bond motifs is 3. The lowest BCUT2D eigenvalue weighted by Gasteiger charge is -2.36. The number of aliphatic imine (C=N–C) groups is 1. The van der Waals surface area contributed by atoms with Crippen molar-refractivity contribution in [2.24, 2.45) is 4.99 Å². The van der Waals surface area contributed by atoms with Crippen molar-refractivity contribution in [3.8, 4) is 0 Å². The summed E-state index contributed by atoms with van der Waals surface area (Å²) < 4.78 is 45.1. The molecule has 31 heavy (non-hydrogen) atoms.